The van der Waals surface area contributed by atoms with Gasteiger partial charge in [-0.1, -0.05) is 0 Å². The van der Waals surface area contributed by atoms with Crippen molar-refractivity contribution in [3.8, 4) is 0 Å². The molecule has 88 valence electrons. The summed E-state index contributed by atoms with van der Waals surface area (Å²) in [5.74, 6) is -1.36. The van der Waals surface area contributed by atoms with Crippen molar-refractivity contribution in [3.05, 3.63) is 0 Å². The maximum atomic E-state index is 11.1. The van der Waals surface area contributed by atoms with Gasteiger partial charge in [0, 0.05) is 7.05 Å². The second kappa shape index (κ2) is 8.16. The Bertz CT molecular complexity index is 207. The van der Waals surface area contributed by atoms with Crippen LogP contribution in [0.5, 0.6) is 0 Å². The van der Waals surface area contributed by atoms with Crippen LogP contribution in [0.4, 0.5) is 0 Å². The third kappa shape index (κ3) is 7.86. The third-order valence-corrected chi connectivity index (χ3v) is 1.45. The first kappa shape index (κ1) is 13.8. The molecule has 7 nitrogen and oxygen atoms in total. The van der Waals surface area contributed by atoms with Gasteiger partial charge in [0.25, 0.3) is 5.91 Å². The topological polar surface area (TPSA) is 85.3 Å². The van der Waals surface area contributed by atoms with Crippen LogP contribution in [0.1, 0.15) is 0 Å². The minimum atomic E-state index is -1.04. The van der Waals surface area contributed by atoms with E-state index < -0.39 is 5.97 Å². The highest BCUT2D eigenvalue weighted by atomic mass is 16.7. The quantitative estimate of drug-likeness (QED) is 0.423. The normalized spacial score (nSPS) is 10.0. The molecule has 0 aromatic rings. The van der Waals surface area contributed by atoms with Gasteiger partial charge >= 0.3 is 5.97 Å². The number of carboxylic acids is 1. The Kier molecular flexibility index (Phi) is 7.51. The zero-order valence-corrected chi connectivity index (χ0v) is 8.76. The molecule has 0 spiro atoms. The first-order valence-corrected chi connectivity index (χ1v) is 4.26. The Hall–Kier alpha value is -1.18. The van der Waals surface area contributed by atoms with E-state index >= 15 is 0 Å². The molecule has 0 atom stereocenters. The molecule has 0 bridgehead atoms. The predicted molar refractivity (Wildman–Crippen MR) is 49.1 cm³/mol. The standard InChI is InChI=1S/C8H15NO6/c1-9(13-2)7(10)5-14-3-4-15-6-8(11)12/h3-6H2,1-2H3,(H,11,12). The van der Waals surface area contributed by atoms with Crippen molar-refractivity contribution in [3.63, 3.8) is 0 Å². The highest BCUT2D eigenvalue weighted by Gasteiger charge is 2.07. The lowest BCUT2D eigenvalue weighted by molar-refractivity contribution is -0.174. The monoisotopic (exact) mass is 221 g/mol. The summed E-state index contributed by atoms with van der Waals surface area (Å²) >= 11 is 0. The third-order valence-electron chi connectivity index (χ3n) is 1.45. The summed E-state index contributed by atoms with van der Waals surface area (Å²) in [7, 11) is 2.83. The highest BCUT2D eigenvalue weighted by Crippen LogP contribution is 1.86. The van der Waals surface area contributed by atoms with Crippen molar-refractivity contribution in [2.24, 2.45) is 0 Å². The molecule has 0 aliphatic heterocycles. The molecule has 0 heterocycles. The number of aliphatic carboxylic acids is 1. The number of carbonyl (C=O) groups is 2. The van der Waals surface area contributed by atoms with Gasteiger partial charge in [0.1, 0.15) is 13.2 Å². The molecule has 0 saturated carbocycles. The molecule has 0 aromatic carbocycles. The Morgan fingerprint density at radius 2 is 1.73 bits per heavy atom. The van der Waals surface area contributed by atoms with Crippen LogP contribution >= 0.6 is 0 Å². The fraction of sp³-hybridized carbons (Fsp3) is 0.750. The summed E-state index contributed by atoms with van der Waals surface area (Å²) in [4.78, 5) is 25.7. The molecular weight excluding hydrogens is 206 g/mol. The zero-order valence-electron chi connectivity index (χ0n) is 8.76. The number of amides is 1. The van der Waals surface area contributed by atoms with Gasteiger partial charge in [-0.15, -0.1) is 0 Å². The van der Waals surface area contributed by atoms with Gasteiger partial charge in [-0.05, 0) is 0 Å². The van der Waals surface area contributed by atoms with E-state index in [0.29, 0.717) is 0 Å². The molecule has 0 radical (unpaired) electrons. The van der Waals surface area contributed by atoms with Gasteiger partial charge in [0.05, 0.1) is 20.3 Å². The molecule has 0 aliphatic carbocycles. The minimum absolute atomic E-state index is 0.124. The smallest absolute Gasteiger partial charge is 0.329 e. The van der Waals surface area contributed by atoms with E-state index in [1.165, 1.54) is 14.2 Å². The van der Waals surface area contributed by atoms with Gasteiger partial charge < -0.3 is 14.6 Å². The van der Waals surface area contributed by atoms with Crippen LogP contribution in [-0.2, 0) is 23.9 Å². The average molecular weight is 221 g/mol. The summed E-state index contributed by atoms with van der Waals surface area (Å²) in [6.07, 6.45) is 0. The number of ether oxygens (including phenoxy) is 2. The summed E-state index contributed by atoms with van der Waals surface area (Å²) < 4.78 is 9.59. The van der Waals surface area contributed by atoms with E-state index in [4.69, 9.17) is 9.84 Å². The zero-order chi connectivity index (χ0) is 11.7. The summed E-state index contributed by atoms with van der Waals surface area (Å²) in [6.45, 7) is -0.192. The van der Waals surface area contributed by atoms with Gasteiger partial charge in [0.2, 0.25) is 0 Å². The minimum Gasteiger partial charge on any atom is -0.480 e. The number of hydrogen-bond acceptors (Lipinski definition) is 5. The van der Waals surface area contributed by atoms with Gasteiger partial charge in [-0.3, -0.25) is 9.63 Å². The summed E-state index contributed by atoms with van der Waals surface area (Å²) in [5.41, 5.74) is 0. The lowest BCUT2D eigenvalue weighted by Crippen LogP contribution is -2.29. The van der Waals surface area contributed by atoms with Crippen LogP contribution in [0.15, 0.2) is 0 Å². The lowest BCUT2D eigenvalue weighted by atomic mass is 10.6. The molecule has 7 heteroatoms. The SMILES string of the molecule is CON(C)C(=O)COCCOCC(=O)O. The van der Waals surface area contributed by atoms with E-state index in [-0.39, 0.29) is 32.3 Å². The fourth-order valence-corrected chi connectivity index (χ4v) is 0.630. The van der Waals surface area contributed by atoms with Crippen LogP contribution in [0.25, 0.3) is 0 Å². The molecule has 0 saturated heterocycles. The molecule has 0 aromatic heterocycles. The Morgan fingerprint density at radius 3 is 2.20 bits per heavy atom. The first-order chi connectivity index (χ1) is 7.07. The Morgan fingerprint density at radius 1 is 1.20 bits per heavy atom. The van der Waals surface area contributed by atoms with Gasteiger partial charge in [0.15, 0.2) is 0 Å². The van der Waals surface area contributed by atoms with E-state index in [9.17, 15) is 9.59 Å². The molecule has 1 N–H and O–H groups in total. The molecule has 0 aliphatic rings. The number of nitrogens with zero attached hydrogens (tertiary/aromatic N) is 1. The largest absolute Gasteiger partial charge is 0.480 e. The first-order valence-electron chi connectivity index (χ1n) is 4.26. The van der Waals surface area contributed by atoms with Crippen LogP contribution in [0, 0.1) is 0 Å². The van der Waals surface area contributed by atoms with E-state index in [0.717, 1.165) is 5.06 Å². The number of carbonyl (C=O) groups excluding carboxylic acids is 1. The second-order valence-corrected chi connectivity index (χ2v) is 2.57. The van der Waals surface area contributed by atoms with Crippen LogP contribution < -0.4 is 0 Å². The molecule has 0 rings (SSSR count). The summed E-state index contributed by atoms with van der Waals surface area (Å²) in [6, 6.07) is 0. The second-order valence-electron chi connectivity index (χ2n) is 2.57. The van der Waals surface area contributed by atoms with E-state index in [1.54, 1.807) is 0 Å². The molecule has 0 unspecified atom stereocenters. The number of rotatable bonds is 8. The van der Waals surface area contributed by atoms with Gasteiger partial charge in [-0.25, -0.2) is 9.86 Å². The van der Waals surface area contributed by atoms with Crippen LogP contribution in [-0.4, -0.2) is 62.6 Å². The number of hydroxylamine groups is 2. The predicted octanol–water partition coefficient (Wildman–Crippen LogP) is -0.876. The fourth-order valence-electron chi connectivity index (χ4n) is 0.630. The van der Waals surface area contributed by atoms with Crippen molar-refractivity contribution in [1.29, 1.82) is 0 Å². The lowest BCUT2D eigenvalue weighted by Gasteiger charge is -2.13. The van der Waals surface area contributed by atoms with Crippen molar-refractivity contribution in [1.82, 2.24) is 5.06 Å². The number of carboxylic acid groups (broad SMARTS) is 1. The number of hydrogen-bond donors (Lipinski definition) is 1. The average Bonchev–Trinajstić information content (AvgIpc) is 2.21. The van der Waals surface area contributed by atoms with E-state index in [2.05, 4.69) is 9.57 Å². The maximum absolute atomic E-state index is 11.1. The Balaban J connectivity index is 3.31. The van der Waals surface area contributed by atoms with E-state index in [1.807, 2.05) is 0 Å². The number of likely N-dealkylation sites (N-methyl/N-ethyl adjacent to an activating group) is 1. The maximum Gasteiger partial charge on any atom is 0.329 e. The summed E-state index contributed by atoms with van der Waals surface area (Å²) in [5, 5.41) is 9.26. The van der Waals surface area contributed by atoms with Crippen LogP contribution in [0.3, 0.4) is 0 Å². The van der Waals surface area contributed by atoms with Crippen molar-refractivity contribution in [2.75, 3.05) is 40.6 Å². The van der Waals surface area contributed by atoms with Crippen molar-refractivity contribution < 1.29 is 29.0 Å². The Labute approximate surface area is 87.5 Å². The molecule has 0 fully saturated rings. The van der Waals surface area contributed by atoms with Crippen molar-refractivity contribution >= 4 is 11.9 Å². The highest BCUT2D eigenvalue weighted by molar-refractivity contribution is 5.76. The molecule has 15 heavy (non-hydrogen) atoms. The van der Waals surface area contributed by atoms with Gasteiger partial charge in [-0.2, -0.15) is 0 Å². The van der Waals surface area contributed by atoms with Crippen LogP contribution in [0.2, 0.25) is 0 Å². The van der Waals surface area contributed by atoms with Crippen molar-refractivity contribution in [2.45, 2.75) is 0 Å². The molecular formula is C8H15NO6. The molecule has 1 amide bonds.